The van der Waals surface area contributed by atoms with E-state index in [0.29, 0.717) is 11.3 Å². The number of nitrogens with one attached hydrogen (secondary N) is 1. The molecule has 1 aliphatic heterocycles. The fourth-order valence-electron chi connectivity index (χ4n) is 5.30. The van der Waals surface area contributed by atoms with Crippen LogP contribution in [0.25, 0.3) is 6.08 Å². The molecule has 29 heavy (non-hydrogen) atoms. The van der Waals surface area contributed by atoms with Gasteiger partial charge in [0, 0.05) is 24.2 Å². The second-order valence-corrected chi connectivity index (χ2v) is 9.54. The molecular formula is C24H28N2O3. The highest BCUT2D eigenvalue weighted by Crippen LogP contribution is 2.52. The van der Waals surface area contributed by atoms with E-state index in [9.17, 15) is 9.59 Å². The highest BCUT2D eigenvalue weighted by molar-refractivity contribution is 6.05. The zero-order chi connectivity index (χ0) is 20.6. The van der Waals surface area contributed by atoms with Crippen molar-refractivity contribution in [2.45, 2.75) is 46.1 Å². The second-order valence-electron chi connectivity index (χ2n) is 9.54. The Bertz CT molecular complexity index is 930. The molecule has 5 heteroatoms. The summed E-state index contributed by atoms with van der Waals surface area (Å²) in [6.45, 7) is 7.55. The molecule has 152 valence electrons. The van der Waals surface area contributed by atoms with Crippen LogP contribution in [0.4, 0.5) is 0 Å². The molecule has 1 aromatic heterocycles. The van der Waals surface area contributed by atoms with Crippen LogP contribution < -0.4 is 5.32 Å². The number of likely N-dealkylation sites (tertiary alicyclic amines) is 1. The lowest BCUT2D eigenvalue weighted by Gasteiger charge is -2.39. The summed E-state index contributed by atoms with van der Waals surface area (Å²) < 4.78 is 5.41. The molecule has 0 radical (unpaired) electrons. The van der Waals surface area contributed by atoms with E-state index in [2.05, 4.69) is 26.1 Å². The predicted octanol–water partition coefficient (Wildman–Crippen LogP) is 4.48. The molecule has 1 N–H and O–H groups in total. The summed E-state index contributed by atoms with van der Waals surface area (Å²) in [5, 5.41) is 2.83. The maximum absolute atomic E-state index is 13.5. The van der Waals surface area contributed by atoms with Crippen molar-refractivity contribution in [1.82, 2.24) is 10.2 Å². The first kappa shape index (κ1) is 19.5. The van der Waals surface area contributed by atoms with Crippen LogP contribution >= 0.6 is 0 Å². The smallest absolute Gasteiger partial charge is 0.270 e. The number of carbonyl (C=O) groups excluding carboxylic acids is 2. The molecule has 2 aromatic rings. The lowest BCUT2D eigenvalue weighted by atomic mass is 9.65. The summed E-state index contributed by atoms with van der Waals surface area (Å²) in [6, 6.07) is 12.7. The summed E-state index contributed by atoms with van der Waals surface area (Å²) in [4.78, 5) is 28.2. The molecule has 1 saturated heterocycles. The maximum Gasteiger partial charge on any atom is 0.270 e. The lowest BCUT2D eigenvalue weighted by Crippen LogP contribution is -2.42. The monoisotopic (exact) mass is 392 g/mol. The van der Waals surface area contributed by atoms with Crippen LogP contribution in [0, 0.1) is 10.8 Å². The number of furan rings is 1. The van der Waals surface area contributed by atoms with Crippen LogP contribution in [-0.4, -0.2) is 29.3 Å². The Morgan fingerprint density at radius 3 is 2.55 bits per heavy atom. The molecule has 2 atom stereocenters. The van der Waals surface area contributed by atoms with E-state index in [0.717, 1.165) is 25.8 Å². The molecular weight excluding hydrogens is 364 g/mol. The molecule has 5 nitrogen and oxygen atoms in total. The topological polar surface area (TPSA) is 62.6 Å². The highest BCUT2D eigenvalue weighted by atomic mass is 16.3. The first-order chi connectivity index (χ1) is 13.7. The third-order valence-corrected chi connectivity index (χ3v) is 6.02. The lowest BCUT2D eigenvalue weighted by molar-refractivity contribution is -0.128. The Kier molecular flexibility index (Phi) is 4.85. The van der Waals surface area contributed by atoms with E-state index >= 15 is 0 Å². The van der Waals surface area contributed by atoms with Crippen molar-refractivity contribution in [2.75, 3.05) is 6.54 Å². The molecule has 2 unspecified atom stereocenters. The Labute approximate surface area is 171 Å². The Balaban J connectivity index is 1.62. The van der Waals surface area contributed by atoms with Gasteiger partial charge in [-0.2, -0.15) is 0 Å². The van der Waals surface area contributed by atoms with Gasteiger partial charge in [-0.1, -0.05) is 39.0 Å². The molecule has 2 fully saturated rings. The summed E-state index contributed by atoms with van der Waals surface area (Å²) in [7, 11) is 0. The van der Waals surface area contributed by atoms with E-state index < -0.39 is 0 Å². The highest BCUT2D eigenvalue weighted by Gasteiger charge is 2.51. The molecule has 2 heterocycles. The minimum atomic E-state index is -0.300. The van der Waals surface area contributed by atoms with Gasteiger partial charge in [0.2, 0.25) is 0 Å². The third kappa shape index (κ3) is 4.14. The van der Waals surface area contributed by atoms with Crippen molar-refractivity contribution < 1.29 is 14.0 Å². The predicted molar refractivity (Wildman–Crippen MR) is 112 cm³/mol. The average molecular weight is 392 g/mol. The zero-order valence-corrected chi connectivity index (χ0v) is 17.3. The van der Waals surface area contributed by atoms with Crippen LogP contribution in [0.15, 0.2) is 58.8 Å². The van der Waals surface area contributed by atoms with E-state index in [-0.39, 0.29) is 34.4 Å². The van der Waals surface area contributed by atoms with Crippen molar-refractivity contribution in [3.05, 3.63) is 65.7 Å². The van der Waals surface area contributed by atoms with Gasteiger partial charge in [-0.25, -0.2) is 0 Å². The molecule has 2 aliphatic rings. The Morgan fingerprint density at radius 2 is 1.86 bits per heavy atom. The van der Waals surface area contributed by atoms with Crippen LogP contribution in [0.1, 0.15) is 56.2 Å². The number of fused-ring (bicyclic) bond motifs is 2. The van der Waals surface area contributed by atoms with Gasteiger partial charge in [0.1, 0.15) is 11.5 Å². The van der Waals surface area contributed by atoms with Gasteiger partial charge in [0.15, 0.2) is 0 Å². The van der Waals surface area contributed by atoms with Gasteiger partial charge in [-0.15, -0.1) is 0 Å². The van der Waals surface area contributed by atoms with Crippen LogP contribution in [0.3, 0.4) is 0 Å². The number of hydrogen-bond acceptors (Lipinski definition) is 3. The number of nitrogens with zero attached hydrogens (tertiary/aromatic N) is 1. The molecule has 1 saturated carbocycles. The van der Waals surface area contributed by atoms with Gasteiger partial charge >= 0.3 is 0 Å². The van der Waals surface area contributed by atoms with Crippen molar-refractivity contribution in [2.24, 2.45) is 10.8 Å². The first-order valence-electron chi connectivity index (χ1n) is 10.2. The van der Waals surface area contributed by atoms with Crippen LogP contribution in [0.5, 0.6) is 0 Å². The summed E-state index contributed by atoms with van der Waals surface area (Å²) >= 11 is 0. The van der Waals surface area contributed by atoms with E-state index in [1.54, 1.807) is 48.7 Å². The standard InChI is InChI=1S/C24H28N2O3/c1-23(2)13-18-14-24(3,15-23)16-26(18)22(28)20(12-19-10-7-11-29-19)25-21(27)17-8-5-4-6-9-17/h4-12,18H,13-16H2,1-3H3,(H,25,27)/b20-12-. The van der Waals surface area contributed by atoms with Gasteiger partial charge < -0.3 is 14.6 Å². The zero-order valence-electron chi connectivity index (χ0n) is 17.3. The third-order valence-electron chi connectivity index (χ3n) is 6.02. The van der Waals surface area contributed by atoms with Gasteiger partial charge in [0.25, 0.3) is 11.8 Å². The molecule has 2 bridgehead atoms. The van der Waals surface area contributed by atoms with Crippen LogP contribution in [-0.2, 0) is 4.79 Å². The van der Waals surface area contributed by atoms with Crippen LogP contribution in [0.2, 0.25) is 0 Å². The fourth-order valence-corrected chi connectivity index (χ4v) is 5.30. The van der Waals surface area contributed by atoms with Gasteiger partial charge in [0.05, 0.1) is 6.26 Å². The average Bonchev–Trinajstić information content (AvgIpc) is 3.25. The minimum absolute atomic E-state index is 0.126. The Morgan fingerprint density at radius 1 is 1.10 bits per heavy atom. The number of hydrogen-bond donors (Lipinski definition) is 1. The quantitative estimate of drug-likeness (QED) is 0.781. The number of carbonyl (C=O) groups is 2. The fraction of sp³-hybridized carbons (Fsp3) is 0.417. The van der Waals surface area contributed by atoms with Crippen molar-refractivity contribution in [3.63, 3.8) is 0 Å². The molecule has 1 aromatic carbocycles. The second kappa shape index (κ2) is 7.21. The molecule has 1 aliphatic carbocycles. The van der Waals surface area contributed by atoms with Crippen molar-refractivity contribution in [3.8, 4) is 0 Å². The number of amides is 2. The maximum atomic E-state index is 13.5. The van der Waals surface area contributed by atoms with E-state index in [1.165, 1.54) is 0 Å². The van der Waals surface area contributed by atoms with Gasteiger partial charge in [-0.05, 0) is 54.4 Å². The Hall–Kier alpha value is -2.82. The van der Waals surface area contributed by atoms with E-state index in [4.69, 9.17) is 4.42 Å². The largest absolute Gasteiger partial charge is 0.465 e. The summed E-state index contributed by atoms with van der Waals surface area (Å²) in [5.41, 5.74) is 1.10. The van der Waals surface area contributed by atoms with Gasteiger partial charge in [-0.3, -0.25) is 9.59 Å². The first-order valence-corrected chi connectivity index (χ1v) is 10.2. The minimum Gasteiger partial charge on any atom is -0.465 e. The summed E-state index contributed by atoms with van der Waals surface area (Å²) in [6.07, 6.45) is 6.28. The number of rotatable bonds is 4. The normalized spacial score (nSPS) is 25.7. The summed E-state index contributed by atoms with van der Waals surface area (Å²) in [5.74, 6) is 0.0954. The molecule has 4 rings (SSSR count). The van der Waals surface area contributed by atoms with Crippen molar-refractivity contribution in [1.29, 1.82) is 0 Å². The molecule has 0 spiro atoms. The van der Waals surface area contributed by atoms with E-state index in [1.807, 2.05) is 11.0 Å². The SMILES string of the molecule is CC1(C)CC2CC(C)(CN2C(=O)/C(=C/c2ccco2)NC(=O)c2ccccc2)C1. The molecule has 2 amide bonds. The number of benzene rings is 1. The van der Waals surface area contributed by atoms with Crippen molar-refractivity contribution >= 4 is 17.9 Å².